The van der Waals surface area contributed by atoms with Crippen molar-refractivity contribution in [3.8, 4) is 0 Å². The van der Waals surface area contributed by atoms with Crippen LogP contribution < -0.4 is 10.5 Å². The fraction of sp³-hybridized carbons (Fsp3) is 0.333. The van der Waals surface area contributed by atoms with E-state index in [2.05, 4.69) is 20.7 Å². The average Bonchev–Trinajstić information content (AvgIpc) is 2.19. The van der Waals surface area contributed by atoms with E-state index in [0.29, 0.717) is 28.1 Å². The lowest BCUT2D eigenvalue weighted by atomic mass is 10.3. The molecule has 1 aromatic carbocycles. The number of hydrogen-bond donors (Lipinski definition) is 2. The van der Waals surface area contributed by atoms with Gasteiger partial charge in [-0.05, 0) is 47.1 Å². The first-order valence-corrected chi connectivity index (χ1v) is 7.42. The summed E-state index contributed by atoms with van der Waals surface area (Å²) in [4.78, 5) is 0. The van der Waals surface area contributed by atoms with Gasteiger partial charge in [-0.25, -0.2) is 8.42 Å². The molecule has 16 heavy (non-hydrogen) atoms. The van der Waals surface area contributed by atoms with Gasteiger partial charge < -0.3 is 5.73 Å². The molecule has 1 aromatic rings. The number of rotatable bonds is 5. The van der Waals surface area contributed by atoms with Gasteiger partial charge in [-0.15, -0.1) is 0 Å². The highest BCUT2D eigenvalue weighted by atomic mass is 79.9. The Morgan fingerprint density at radius 2 is 2.12 bits per heavy atom. The maximum atomic E-state index is 11.6. The summed E-state index contributed by atoms with van der Waals surface area (Å²) in [5.74, 6) is 0.0125. The number of nitrogens with one attached hydrogen (secondary N) is 1. The Hall–Kier alpha value is -0.300. The Morgan fingerprint density at radius 3 is 2.69 bits per heavy atom. The lowest BCUT2D eigenvalue weighted by molar-refractivity contribution is 0.598. The maximum absolute atomic E-state index is 11.6. The summed E-state index contributed by atoms with van der Waals surface area (Å²) >= 11 is 8.98. The molecule has 0 bridgehead atoms. The third-order valence-electron chi connectivity index (χ3n) is 1.81. The third-order valence-corrected chi connectivity index (χ3v) is 4.06. The van der Waals surface area contributed by atoms with Crippen molar-refractivity contribution in [3.05, 3.63) is 27.7 Å². The summed E-state index contributed by atoms with van der Waals surface area (Å²) in [6.45, 7) is 0.350. The standard InChI is InChI=1S/C9H12BrClN2O2S/c10-8-6-7(11)2-3-9(8)13-16(14,15)5-1-4-12/h2-3,6,13H,1,4-5,12H2. The third kappa shape index (κ3) is 4.29. The fourth-order valence-corrected chi connectivity index (χ4v) is 3.14. The Labute approximate surface area is 108 Å². The van der Waals surface area contributed by atoms with Gasteiger partial charge in [-0.3, -0.25) is 4.72 Å². The van der Waals surface area contributed by atoms with Crippen molar-refractivity contribution in [2.24, 2.45) is 5.73 Å². The molecular weight excluding hydrogens is 316 g/mol. The first kappa shape index (κ1) is 13.8. The second kappa shape index (κ2) is 5.86. The summed E-state index contributed by atoms with van der Waals surface area (Å²) in [6.07, 6.45) is 0.431. The fourth-order valence-electron chi connectivity index (χ4n) is 1.06. The van der Waals surface area contributed by atoms with Crippen LogP contribution in [0.2, 0.25) is 5.02 Å². The van der Waals surface area contributed by atoms with Gasteiger partial charge in [-0.2, -0.15) is 0 Å². The molecule has 0 radical (unpaired) electrons. The van der Waals surface area contributed by atoms with Crippen molar-refractivity contribution < 1.29 is 8.42 Å². The van der Waals surface area contributed by atoms with Crippen molar-refractivity contribution in [3.63, 3.8) is 0 Å². The lowest BCUT2D eigenvalue weighted by Gasteiger charge is -2.09. The van der Waals surface area contributed by atoms with Crippen LogP contribution in [-0.2, 0) is 10.0 Å². The number of hydrogen-bond acceptors (Lipinski definition) is 3. The number of anilines is 1. The van der Waals surface area contributed by atoms with Gasteiger partial charge in [0.15, 0.2) is 0 Å². The maximum Gasteiger partial charge on any atom is 0.232 e. The molecule has 90 valence electrons. The van der Waals surface area contributed by atoms with Crippen LogP contribution in [0.15, 0.2) is 22.7 Å². The second-order valence-corrected chi connectivity index (χ2v) is 6.32. The van der Waals surface area contributed by atoms with Crippen LogP contribution in [0.25, 0.3) is 0 Å². The SMILES string of the molecule is NCCCS(=O)(=O)Nc1ccc(Cl)cc1Br. The molecule has 3 N–H and O–H groups in total. The molecule has 0 unspecified atom stereocenters. The summed E-state index contributed by atoms with van der Waals surface area (Å²) in [5, 5.41) is 0.539. The number of benzene rings is 1. The minimum Gasteiger partial charge on any atom is -0.330 e. The van der Waals surface area contributed by atoms with Crippen LogP contribution in [0, 0.1) is 0 Å². The predicted molar refractivity (Wildman–Crippen MR) is 70.2 cm³/mol. The summed E-state index contributed by atoms with van der Waals surface area (Å²) < 4.78 is 26.2. The van der Waals surface area contributed by atoms with Crippen LogP contribution in [0.5, 0.6) is 0 Å². The lowest BCUT2D eigenvalue weighted by Crippen LogP contribution is -2.19. The van der Waals surface area contributed by atoms with E-state index in [1.165, 1.54) is 0 Å². The van der Waals surface area contributed by atoms with Gasteiger partial charge in [0, 0.05) is 9.50 Å². The Bertz CT molecular complexity index is 465. The molecule has 0 aliphatic rings. The quantitative estimate of drug-likeness (QED) is 0.871. The molecule has 0 aromatic heterocycles. The van der Waals surface area contributed by atoms with Crippen molar-refractivity contribution in [2.75, 3.05) is 17.0 Å². The smallest absolute Gasteiger partial charge is 0.232 e. The van der Waals surface area contributed by atoms with Gasteiger partial charge in [0.1, 0.15) is 0 Å². The zero-order chi connectivity index (χ0) is 12.2. The number of nitrogens with two attached hydrogens (primary N) is 1. The molecule has 0 fully saturated rings. The second-order valence-electron chi connectivity index (χ2n) is 3.19. The first-order valence-electron chi connectivity index (χ1n) is 4.60. The highest BCUT2D eigenvalue weighted by molar-refractivity contribution is 9.10. The van der Waals surface area contributed by atoms with Crippen molar-refractivity contribution in [2.45, 2.75) is 6.42 Å². The Kier molecular flexibility index (Phi) is 5.04. The molecular formula is C9H12BrClN2O2S. The van der Waals surface area contributed by atoms with E-state index in [-0.39, 0.29) is 5.75 Å². The Morgan fingerprint density at radius 1 is 1.44 bits per heavy atom. The van der Waals surface area contributed by atoms with Gasteiger partial charge in [0.05, 0.1) is 11.4 Å². The molecule has 0 saturated heterocycles. The predicted octanol–water partition coefficient (Wildman–Crippen LogP) is 2.19. The van der Waals surface area contributed by atoms with Gasteiger partial charge in [-0.1, -0.05) is 11.6 Å². The molecule has 0 aliphatic carbocycles. The molecule has 1 rings (SSSR count). The van der Waals surface area contributed by atoms with E-state index in [0.717, 1.165) is 0 Å². The van der Waals surface area contributed by atoms with Gasteiger partial charge >= 0.3 is 0 Å². The molecule has 0 aliphatic heterocycles. The molecule has 0 heterocycles. The molecule has 0 saturated carbocycles. The van der Waals surface area contributed by atoms with E-state index < -0.39 is 10.0 Å². The van der Waals surface area contributed by atoms with Gasteiger partial charge in [0.2, 0.25) is 10.0 Å². The first-order chi connectivity index (χ1) is 7.44. The van der Waals surface area contributed by atoms with Crippen molar-refractivity contribution >= 4 is 43.2 Å². The summed E-state index contributed by atoms with van der Waals surface area (Å²) in [5.41, 5.74) is 5.73. The number of halogens is 2. The van der Waals surface area contributed by atoms with E-state index in [1.807, 2.05) is 0 Å². The van der Waals surface area contributed by atoms with Crippen LogP contribution in [0.4, 0.5) is 5.69 Å². The normalized spacial score (nSPS) is 11.4. The minimum atomic E-state index is -3.34. The molecule has 4 nitrogen and oxygen atoms in total. The zero-order valence-electron chi connectivity index (χ0n) is 8.41. The number of sulfonamides is 1. The zero-order valence-corrected chi connectivity index (χ0v) is 11.6. The topological polar surface area (TPSA) is 72.2 Å². The summed E-state index contributed by atoms with van der Waals surface area (Å²) in [7, 11) is -3.34. The van der Waals surface area contributed by atoms with Gasteiger partial charge in [0.25, 0.3) is 0 Å². The van der Waals surface area contributed by atoms with E-state index >= 15 is 0 Å². The van der Waals surface area contributed by atoms with E-state index in [1.54, 1.807) is 18.2 Å². The van der Waals surface area contributed by atoms with E-state index in [9.17, 15) is 8.42 Å². The highest BCUT2D eigenvalue weighted by Gasteiger charge is 2.11. The van der Waals surface area contributed by atoms with Crippen LogP contribution >= 0.6 is 27.5 Å². The largest absolute Gasteiger partial charge is 0.330 e. The molecule has 0 amide bonds. The molecule has 0 atom stereocenters. The van der Waals surface area contributed by atoms with Crippen molar-refractivity contribution in [1.82, 2.24) is 0 Å². The van der Waals surface area contributed by atoms with Crippen LogP contribution in [0.3, 0.4) is 0 Å². The van der Waals surface area contributed by atoms with Crippen LogP contribution in [-0.4, -0.2) is 20.7 Å². The van der Waals surface area contributed by atoms with Crippen molar-refractivity contribution in [1.29, 1.82) is 0 Å². The molecule has 0 spiro atoms. The highest BCUT2D eigenvalue weighted by Crippen LogP contribution is 2.26. The summed E-state index contributed by atoms with van der Waals surface area (Å²) in [6, 6.07) is 4.85. The molecule has 7 heteroatoms. The van der Waals surface area contributed by atoms with E-state index in [4.69, 9.17) is 17.3 Å². The monoisotopic (exact) mass is 326 g/mol. The van der Waals surface area contributed by atoms with Crippen LogP contribution in [0.1, 0.15) is 6.42 Å². The average molecular weight is 328 g/mol. The minimum absolute atomic E-state index is 0.0125. The Balaban J connectivity index is 2.80.